The number of fused-ring (bicyclic) bond motifs is 1. The van der Waals surface area contributed by atoms with Crippen LogP contribution in [0.3, 0.4) is 0 Å². The molecule has 0 saturated heterocycles. The predicted molar refractivity (Wildman–Crippen MR) is 105 cm³/mol. The number of hydrogen-bond donors (Lipinski definition) is 0. The Labute approximate surface area is 159 Å². The second-order valence-corrected chi connectivity index (χ2v) is 7.22. The molecule has 0 saturated carbocycles. The van der Waals surface area contributed by atoms with Gasteiger partial charge in [0, 0.05) is 13.2 Å². The molecular formula is C19H15ClN4OS. The van der Waals surface area contributed by atoms with Gasteiger partial charge < -0.3 is 0 Å². The third kappa shape index (κ3) is 3.09. The van der Waals surface area contributed by atoms with Crippen LogP contribution in [-0.2, 0) is 13.6 Å². The zero-order valence-electron chi connectivity index (χ0n) is 14.0. The van der Waals surface area contributed by atoms with Gasteiger partial charge in [-0.2, -0.15) is 5.10 Å². The number of aryl methyl sites for hydroxylation is 1. The van der Waals surface area contributed by atoms with Gasteiger partial charge in [0.2, 0.25) is 0 Å². The van der Waals surface area contributed by atoms with Crippen molar-refractivity contribution in [2.24, 2.45) is 7.05 Å². The van der Waals surface area contributed by atoms with Gasteiger partial charge in [-0.1, -0.05) is 59.3 Å². The van der Waals surface area contributed by atoms with Gasteiger partial charge >= 0.3 is 0 Å². The molecule has 0 spiro atoms. The van der Waals surface area contributed by atoms with E-state index in [4.69, 9.17) is 11.6 Å². The lowest BCUT2D eigenvalue weighted by molar-refractivity contribution is 0.0976. The Morgan fingerprint density at radius 1 is 1.15 bits per heavy atom. The minimum absolute atomic E-state index is 0.149. The molecule has 2 aromatic heterocycles. The molecule has 0 N–H and O–H groups in total. The first kappa shape index (κ1) is 16.8. The lowest BCUT2D eigenvalue weighted by Gasteiger charge is -2.20. The summed E-state index contributed by atoms with van der Waals surface area (Å²) in [5.41, 5.74) is 2.24. The zero-order chi connectivity index (χ0) is 18.1. The highest BCUT2D eigenvalue weighted by molar-refractivity contribution is 7.22. The number of anilines is 1. The molecule has 0 atom stereocenters. The number of carbonyl (C=O) groups excluding carboxylic acids is 1. The van der Waals surface area contributed by atoms with Crippen molar-refractivity contribution in [3.63, 3.8) is 0 Å². The number of benzene rings is 2. The number of carbonyl (C=O) groups is 1. The summed E-state index contributed by atoms with van der Waals surface area (Å²) >= 11 is 7.72. The summed E-state index contributed by atoms with van der Waals surface area (Å²) in [5.74, 6) is -0.149. The van der Waals surface area contributed by atoms with Crippen molar-refractivity contribution in [1.29, 1.82) is 0 Å². The number of para-hydroxylation sites is 1. The van der Waals surface area contributed by atoms with E-state index in [1.165, 1.54) is 11.3 Å². The number of hydrogen-bond acceptors (Lipinski definition) is 4. The van der Waals surface area contributed by atoms with Crippen LogP contribution in [0.2, 0.25) is 5.02 Å². The summed E-state index contributed by atoms with van der Waals surface area (Å²) < 4.78 is 2.52. The Bertz CT molecular complexity index is 1070. The summed E-state index contributed by atoms with van der Waals surface area (Å²) in [6.45, 7) is 0.419. The largest absolute Gasteiger partial charge is 0.278 e. The van der Waals surface area contributed by atoms with E-state index in [0.717, 1.165) is 10.3 Å². The van der Waals surface area contributed by atoms with Crippen molar-refractivity contribution in [2.75, 3.05) is 4.90 Å². The summed E-state index contributed by atoms with van der Waals surface area (Å²) in [4.78, 5) is 19.5. The van der Waals surface area contributed by atoms with Crippen molar-refractivity contribution in [1.82, 2.24) is 14.8 Å². The Kier molecular flexibility index (Phi) is 4.44. The summed E-state index contributed by atoms with van der Waals surface area (Å²) in [6.07, 6.45) is 1.61. The van der Waals surface area contributed by atoms with Crippen molar-refractivity contribution in [2.45, 2.75) is 6.54 Å². The first-order valence-corrected chi connectivity index (χ1v) is 9.22. The van der Waals surface area contributed by atoms with E-state index in [9.17, 15) is 4.79 Å². The molecule has 2 aromatic carbocycles. The standard InChI is InChI=1S/C19H15ClN4OS/c1-23-15(10-11-21-23)18(25)24(12-13-6-3-2-4-7-13)19-22-17-14(20)8-5-9-16(17)26-19/h2-11H,12H2,1H3. The molecule has 0 unspecified atom stereocenters. The molecule has 0 aliphatic rings. The second-order valence-electron chi connectivity index (χ2n) is 5.80. The van der Waals surface area contributed by atoms with Gasteiger partial charge in [0.15, 0.2) is 5.13 Å². The Morgan fingerprint density at radius 2 is 1.96 bits per heavy atom. The quantitative estimate of drug-likeness (QED) is 0.521. The normalized spacial score (nSPS) is 11.0. The first-order valence-electron chi connectivity index (χ1n) is 8.02. The first-order chi connectivity index (χ1) is 12.6. The number of aromatic nitrogens is 3. The topological polar surface area (TPSA) is 51.0 Å². The van der Waals surface area contributed by atoms with Crippen LogP contribution >= 0.6 is 22.9 Å². The maximum atomic E-state index is 13.2. The third-order valence-electron chi connectivity index (χ3n) is 4.06. The van der Waals surface area contributed by atoms with Crippen LogP contribution in [0.1, 0.15) is 16.1 Å². The summed E-state index contributed by atoms with van der Waals surface area (Å²) in [7, 11) is 1.75. The SMILES string of the molecule is Cn1nccc1C(=O)N(Cc1ccccc1)c1nc2c(Cl)cccc2s1. The second kappa shape index (κ2) is 6.90. The number of halogens is 1. The van der Waals surface area contributed by atoms with E-state index < -0.39 is 0 Å². The molecule has 0 fully saturated rings. The molecule has 130 valence electrons. The molecular weight excluding hydrogens is 368 g/mol. The van der Waals surface area contributed by atoms with Crippen LogP contribution < -0.4 is 4.90 Å². The highest BCUT2D eigenvalue weighted by Gasteiger charge is 2.24. The van der Waals surface area contributed by atoms with Crippen molar-refractivity contribution in [3.05, 3.63) is 77.1 Å². The number of amides is 1. The summed E-state index contributed by atoms with van der Waals surface area (Å²) in [5, 5.41) is 5.30. The van der Waals surface area contributed by atoms with Gasteiger partial charge in [-0.15, -0.1) is 0 Å². The smallest absolute Gasteiger partial charge is 0.278 e. The average Bonchev–Trinajstić information content (AvgIpc) is 3.27. The van der Waals surface area contributed by atoms with Gasteiger partial charge in [0.05, 0.1) is 16.3 Å². The Morgan fingerprint density at radius 3 is 2.65 bits per heavy atom. The fourth-order valence-electron chi connectivity index (χ4n) is 2.73. The maximum Gasteiger partial charge on any atom is 0.278 e. The molecule has 0 aliphatic carbocycles. The minimum atomic E-state index is -0.149. The number of rotatable bonds is 4. The van der Waals surface area contributed by atoms with Crippen LogP contribution in [0.5, 0.6) is 0 Å². The average molecular weight is 383 g/mol. The number of thiazole rings is 1. The van der Waals surface area contributed by atoms with Gasteiger partial charge in [0.1, 0.15) is 11.2 Å². The van der Waals surface area contributed by atoms with E-state index in [1.54, 1.807) is 35.0 Å². The van der Waals surface area contributed by atoms with Crippen LogP contribution in [-0.4, -0.2) is 20.7 Å². The minimum Gasteiger partial charge on any atom is -0.278 e. The van der Waals surface area contributed by atoms with Crippen LogP contribution in [0.25, 0.3) is 10.2 Å². The Hall–Kier alpha value is -2.70. The van der Waals surface area contributed by atoms with E-state index in [1.807, 2.05) is 42.5 Å². The van der Waals surface area contributed by atoms with E-state index in [2.05, 4.69) is 10.1 Å². The van der Waals surface area contributed by atoms with Crippen molar-refractivity contribution >= 4 is 44.2 Å². The summed E-state index contributed by atoms with van der Waals surface area (Å²) in [6, 6.07) is 17.2. The number of nitrogens with zero attached hydrogens (tertiary/aromatic N) is 4. The van der Waals surface area contributed by atoms with Gasteiger partial charge in [-0.05, 0) is 23.8 Å². The van der Waals surface area contributed by atoms with Gasteiger partial charge in [0.25, 0.3) is 5.91 Å². The lowest BCUT2D eigenvalue weighted by atomic mass is 10.2. The third-order valence-corrected chi connectivity index (χ3v) is 5.41. The molecule has 5 nitrogen and oxygen atoms in total. The van der Waals surface area contributed by atoms with Gasteiger partial charge in [-0.3, -0.25) is 14.4 Å². The molecule has 4 aromatic rings. The molecule has 0 radical (unpaired) electrons. The van der Waals surface area contributed by atoms with Crippen LogP contribution in [0.15, 0.2) is 60.8 Å². The molecule has 7 heteroatoms. The van der Waals surface area contributed by atoms with E-state index in [-0.39, 0.29) is 5.91 Å². The fourth-order valence-corrected chi connectivity index (χ4v) is 4.00. The molecule has 2 heterocycles. The van der Waals surface area contributed by atoms with Crippen LogP contribution in [0.4, 0.5) is 5.13 Å². The van der Waals surface area contributed by atoms with Crippen LogP contribution in [0, 0.1) is 0 Å². The molecule has 4 rings (SSSR count). The fraction of sp³-hybridized carbons (Fsp3) is 0.105. The molecule has 1 amide bonds. The molecule has 0 aliphatic heterocycles. The van der Waals surface area contributed by atoms with E-state index >= 15 is 0 Å². The van der Waals surface area contributed by atoms with Gasteiger partial charge in [-0.25, -0.2) is 4.98 Å². The molecule has 26 heavy (non-hydrogen) atoms. The molecule has 0 bridgehead atoms. The van der Waals surface area contributed by atoms with E-state index in [0.29, 0.717) is 27.9 Å². The lowest BCUT2D eigenvalue weighted by Crippen LogP contribution is -2.31. The highest BCUT2D eigenvalue weighted by atomic mass is 35.5. The maximum absolute atomic E-state index is 13.2. The monoisotopic (exact) mass is 382 g/mol. The Balaban J connectivity index is 1.80. The van der Waals surface area contributed by atoms with Crippen molar-refractivity contribution < 1.29 is 4.79 Å². The zero-order valence-corrected chi connectivity index (χ0v) is 15.5. The highest BCUT2D eigenvalue weighted by Crippen LogP contribution is 2.34. The van der Waals surface area contributed by atoms with Crippen molar-refractivity contribution in [3.8, 4) is 0 Å². The predicted octanol–water partition coefficient (Wildman–Crippen LogP) is 4.53.